The topological polar surface area (TPSA) is 41.1 Å². The number of thiophene rings is 1. The van der Waals surface area contributed by atoms with Gasteiger partial charge in [-0.25, -0.2) is 0 Å². The third-order valence-electron chi connectivity index (χ3n) is 2.36. The standard InChI is InChI=1S/C13H22N2OS/c1-10(11-6-8-17-9-11)14-7-5-12(16)15-13(2,3)4/h6,8-10,14H,5,7H2,1-4H3,(H,15,16). The molecule has 0 fully saturated rings. The molecule has 1 aromatic heterocycles. The molecule has 0 aromatic carbocycles. The van der Waals surface area contributed by atoms with Crippen molar-refractivity contribution in [3.63, 3.8) is 0 Å². The van der Waals surface area contributed by atoms with Gasteiger partial charge in [0.15, 0.2) is 0 Å². The molecule has 4 heteroatoms. The van der Waals surface area contributed by atoms with Gasteiger partial charge in [-0.15, -0.1) is 0 Å². The quantitative estimate of drug-likeness (QED) is 0.848. The summed E-state index contributed by atoms with van der Waals surface area (Å²) in [6.07, 6.45) is 0.520. The molecule has 96 valence electrons. The second kappa shape index (κ2) is 6.17. The number of hydrogen-bond donors (Lipinski definition) is 2. The lowest BCUT2D eigenvalue weighted by atomic mass is 10.1. The van der Waals surface area contributed by atoms with E-state index in [0.29, 0.717) is 19.0 Å². The minimum atomic E-state index is -0.143. The van der Waals surface area contributed by atoms with Crippen LogP contribution < -0.4 is 10.6 Å². The Morgan fingerprint density at radius 2 is 2.18 bits per heavy atom. The van der Waals surface area contributed by atoms with Gasteiger partial charge >= 0.3 is 0 Å². The molecule has 17 heavy (non-hydrogen) atoms. The fraction of sp³-hybridized carbons (Fsp3) is 0.615. The van der Waals surface area contributed by atoms with Gasteiger partial charge in [0.2, 0.25) is 5.91 Å². The van der Waals surface area contributed by atoms with Gasteiger partial charge in [-0.2, -0.15) is 11.3 Å². The number of amides is 1. The Morgan fingerprint density at radius 1 is 1.47 bits per heavy atom. The normalized spacial score (nSPS) is 13.4. The maximum Gasteiger partial charge on any atom is 0.221 e. The van der Waals surface area contributed by atoms with E-state index in [1.165, 1.54) is 5.56 Å². The molecule has 0 saturated heterocycles. The predicted molar refractivity (Wildman–Crippen MR) is 73.2 cm³/mol. The van der Waals surface area contributed by atoms with Crippen molar-refractivity contribution < 1.29 is 4.79 Å². The maximum absolute atomic E-state index is 11.6. The van der Waals surface area contributed by atoms with Crippen LogP contribution in [0.1, 0.15) is 45.7 Å². The van der Waals surface area contributed by atoms with Gasteiger partial charge in [0.25, 0.3) is 0 Å². The molecule has 0 saturated carbocycles. The van der Waals surface area contributed by atoms with Crippen LogP contribution in [0, 0.1) is 0 Å². The van der Waals surface area contributed by atoms with Gasteiger partial charge in [0, 0.05) is 24.5 Å². The van der Waals surface area contributed by atoms with Crippen molar-refractivity contribution >= 4 is 17.2 Å². The molecular formula is C13H22N2OS. The molecule has 1 amide bonds. The van der Waals surface area contributed by atoms with Crippen LogP contribution in [0.25, 0.3) is 0 Å². The van der Waals surface area contributed by atoms with Crippen LogP contribution in [0.15, 0.2) is 16.8 Å². The van der Waals surface area contributed by atoms with Gasteiger partial charge in [0.1, 0.15) is 0 Å². The first-order valence-corrected chi connectivity index (χ1v) is 6.89. The molecule has 2 N–H and O–H groups in total. The molecular weight excluding hydrogens is 232 g/mol. The summed E-state index contributed by atoms with van der Waals surface area (Å²) in [5.74, 6) is 0.0996. The van der Waals surface area contributed by atoms with E-state index in [2.05, 4.69) is 34.4 Å². The summed E-state index contributed by atoms with van der Waals surface area (Å²) in [5, 5.41) is 10.5. The lowest BCUT2D eigenvalue weighted by Gasteiger charge is -2.21. The number of carbonyl (C=O) groups is 1. The molecule has 0 bridgehead atoms. The third kappa shape index (κ3) is 5.84. The van der Waals surface area contributed by atoms with E-state index in [1.807, 2.05) is 20.8 Å². The van der Waals surface area contributed by atoms with Crippen LogP contribution in [0.2, 0.25) is 0 Å². The highest BCUT2D eigenvalue weighted by molar-refractivity contribution is 7.07. The van der Waals surface area contributed by atoms with Crippen LogP contribution in [0.4, 0.5) is 0 Å². The van der Waals surface area contributed by atoms with Crippen LogP contribution in [-0.4, -0.2) is 18.0 Å². The second-order valence-electron chi connectivity index (χ2n) is 5.28. The maximum atomic E-state index is 11.6. The number of carbonyl (C=O) groups excluding carboxylic acids is 1. The first kappa shape index (κ1) is 14.2. The molecule has 0 spiro atoms. The van der Waals surface area contributed by atoms with Crippen molar-refractivity contribution in [2.45, 2.75) is 45.7 Å². The minimum Gasteiger partial charge on any atom is -0.351 e. The lowest BCUT2D eigenvalue weighted by molar-refractivity contribution is -0.122. The first-order chi connectivity index (χ1) is 7.88. The monoisotopic (exact) mass is 254 g/mol. The number of nitrogens with one attached hydrogen (secondary N) is 2. The van der Waals surface area contributed by atoms with Crippen LogP contribution in [-0.2, 0) is 4.79 Å². The van der Waals surface area contributed by atoms with E-state index in [1.54, 1.807) is 11.3 Å². The largest absolute Gasteiger partial charge is 0.351 e. The molecule has 0 aliphatic carbocycles. The Bertz CT molecular complexity index is 341. The SMILES string of the molecule is CC(NCCC(=O)NC(C)(C)C)c1ccsc1. The van der Waals surface area contributed by atoms with Gasteiger partial charge in [-0.3, -0.25) is 4.79 Å². The highest BCUT2D eigenvalue weighted by Crippen LogP contribution is 2.15. The lowest BCUT2D eigenvalue weighted by Crippen LogP contribution is -2.41. The van der Waals surface area contributed by atoms with Crippen molar-refractivity contribution in [1.29, 1.82) is 0 Å². The van der Waals surface area contributed by atoms with Gasteiger partial charge in [-0.05, 0) is 50.1 Å². The molecule has 0 radical (unpaired) electrons. The highest BCUT2D eigenvalue weighted by Gasteiger charge is 2.13. The zero-order valence-corrected chi connectivity index (χ0v) is 11.9. The molecule has 1 unspecified atom stereocenters. The summed E-state index contributed by atoms with van der Waals surface area (Å²) in [7, 11) is 0. The summed E-state index contributed by atoms with van der Waals surface area (Å²) in [6.45, 7) is 8.80. The Kier molecular flexibility index (Phi) is 5.15. The molecule has 1 aromatic rings. The summed E-state index contributed by atoms with van der Waals surface area (Å²) in [5.41, 5.74) is 1.14. The van der Waals surface area contributed by atoms with Gasteiger partial charge < -0.3 is 10.6 Å². The smallest absolute Gasteiger partial charge is 0.221 e. The molecule has 1 heterocycles. The Labute approximate surface area is 108 Å². The summed E-state index contributed by atoms with van der Waals surface area (Å²) < 4.78 is 0. The third-order valence-corrected chi connectivity index (χ3v) is 3.06. The number of rotatable bonds is 5. The Balaban J connectivity index is 2.22. The fourth-order valence-electron chi connectivity index (χ4n) is 1.52. The first-order valence-electron chi connectivity index (χ1n) is 5.95. The van der Waals surface area contributed by atoms with E-state index < -0.39 is 0 Å². The van der Waals surface area contributed by atoms with Gasteiger partial charge in [0.05, 0.1) is 0 Å². The van der Waals surface area contributed by atoms with E-state index in [4.69, 9.17) is 0 Å². The van der Waals surface area contributed by atoms with Crippen molar-refractivity contribution in [3.8, 4) is 0 Å². The number of hydrogen-bond acceptors (Lipinski definition) is 3. The Hall–Kier alpha value is -0.870. The molecule has 0 aliphatic rings. The van der Waals surface area contributed by atoms with Crippen molar-refractivity contribution in [3.05, 3.63) is 22.4 Å². The average molecular weight is 254 g/mol. The summed E-state index contributed by atoms with van der Waals surface area (Å²) in [6, 6.07) is 2.42. The second-order valence-corrected chi connectivity index (χ2v) is 6.06. The highest BCUT2D eigenvalue weighted by atomic mass is 32.1. The summed E-state index contributed by atoms with van der Waals surface area (Å²) in [4.78, 5) is 11.6. The zero-order valence-electron chi connectivity index (χ0n) is 11.0. The van der Waals surface area contributed by atoms with E-state index in [9.17, 15) is 4.79 Å². The van der Waals surface area contributed by atoms with E-state index >= 15 is 0 Å². The van der Waals surface area contributed by atoms with Crippen LogP contribution >= 0.6 is 11.3 Å². The zero-order chi connectivity index (χ0) is 12.9. The van der Waals surface area contributed by atoms with Crippen molar-refractivity contribution in [2.24, 2.45) is 0 Å². The van der Waals surface area contributed by atoms with Crippen LogP contribution in [0.5, 0.6) is 0 Å². The Morgan fingerprint density at radius 3 is 2.71 bits per heavy atom. The predicted octanol–water partition coefficient (Wildman–Crippen LogP) is 2.70. The fourth-order valence-corrected chi connectivity index (χ4v) is 2.28. The van der Waals surface area contributed by atoms with Crippen molar-refractivity contribution in [1.82, 2.24) is 10.6 Å². The molecule has 1 atom stereocenters. The minimum absolute atomic E-state index is 0.0996. The summed E-state index contributed by atoms with van der Waals surface area (Å²) >= 11 is 1.70. The van der Waals surface area contributed by atoms with Crippen molar-refractivity contribution in [2.75, 3.05) is 6.54 Å². The van der Waals surface area contributed by atoms with Gasteiger partial charge in [-0.1, -0.05) is 0 Å². The molecule has 0 aliphatic heterocycles. The molecule has 1 rings (SSSR count). The van der Waals surface area contributed by atoms with E-state index in [-0.39, 0.29) is 11.4 Å². The average Bonchev–Trinajstić information content (AvgIpc) is 2.66. The van der Waals surface area contributed by atoms with Crippen LogP contribution in [0.3, 0.4) is 0 Å². The molecule has 3 nitrogen and oxygen atoms in total. The van der Waals surface area contributed by atoms with E-state index in [0.717, 1.165) is 0 Å².